The topological polar surface area (TPSA) is 38.7 Å². The maximum absolute atomic E-state index is 4.61. The van der Waals surface area contributed by atoms with Crippen molar-refractivity contribution >= 4 is 10.9 Å². The average molecular weight is 656 g/mol. The molecule has 2 heterocycles. The van der Waals surface area contributed by atoms with Crippen molar-refractivity contribution in [3.63, 3.8) is 0 Å². The molecule has 6 aromatic rings. The van der Waals surface area contributed by atoms with E-state index in [1.165, 1.54) is 10.9 Å². The van der Waals surface area contributed by atoms with Gasteiger partial charge in [0.25, 0.3) is 0 Å². The molecule has 4 aromatic carbocycles. The Labute approximate surface area is 231 Å². The molecule has 0 atom stereocenters. The molecule has 4 heteroatoms. The summed E-state index contributed by atoms with van der Waals surface area (Å²) in [6, 6.07) is 42.8. The number of hydrogen-bond acceptors (Lipinski definition) is 3. The Morgan fingerprint density at radius 3 is 1.97 bits per heavy atom. The van der Waals surface area contributed by atoms with E-state index < -0.39 is 0 Å². The second-order valence-electron chi connectivity index (χ2n) is 8.45. The van der Waals surface area contributed by atoms with Crippen LogP contribution in [0.2, 0.25) is 0 Å². The molecule has 3 nitrogen and oxygen atoms in total. The van der Waals surface area contributed by atoms with Gasteiger partial charge in [-0.05, 0) is 47.8 Å². The first-order chi connectivity index (χ1) is 17.7. The molecule has 0 saturated carbocycles. The van der Waals surface area contributed by atoms with Gasteiger partial charge in [-0.15, -0.1) is 71.8 Å². The second kappa shape index (κ2) is 12.3. The normalized spacial score (nSPS) is 10.2. The summed E-state index contributed by atoms with van der Waals surface area (Å²) in [5.74, 6) is 0. The summed E-state index contributed by atoms with van der Waals surface area (Å²) in [5.41, 5.74) is 9.43. The molecule has 183 valence electrons. The first-order valence-electron chi connectivity index (χ1n) is 11.9. The maximum atomic E-state index is 4.61. The van der Waals surface area contributed by atoms with Gasteiger partial charge in [-0.25, -0.2) is 4.98 Å². The predicted molar refractivity (Wildman–Crippen MR) is 147 cm³/mol. The zero-order valence-electron chi connectivity index (χ0n) is 20.6. The van der Waals surface area contributed by atoms with Gasteiger partial charge >= 0.3 is 0 Å². The van der Waals surface area contributed by atoms with Crippen LogP contribution < -0.4 is 0 Å². The number of benzene rings is 4. The minimum atomic E-state index is 0. The molecule has 1 radical (unpaired) electrons. The van der Waals surface area contributed by atoms with Gasteiger partial charge < -0.3 is 0 Å². The monoisotopic (exact) mass is 656 g/mol. The third-order valence-corrected chi connectivity index (χ3v) is 6.03. The average Bonchev–Trinajstić information content (AvgIpc) is 2.95. The van der Waals surface area contributed by atoms with Crippen molar-refractivity contribution in [2.75, 3.05) is 0 Å². The molecule has 0 bridgehead atoms. The number of pyridine rings is 1. The van der Waals surface area contributed by atoms with Crippen molar-refractivity contribution in [3.05, 3.63) is 139 Å². The molecule has 0 fully saturated rings. The number of para-hydroxylation sites is 1. The molecule has 0 N–H and O–H groups in total. The Bertz CT molecular complexity index is 1600. The zero-order valence-corrected chi connectivity index (χ0v) is 23.0. The molecule has 0 unspecified atom stereocenters. The molecule has 37 heavy (non-hydrogen) atoms. The van der Waals surface area contributed by atoms with Crippen LogP contribution in [0.4, 0.5) is 0 Å². The summed E-state index contributed by atoms with van der Waals surface area (Å²) in [4.78, 5) is 13.5. The molecule has 6 rings (SSSR count). The summed E-state index contributed by atoms with van der Waals surface area (Å²) in [7, 11) is 0. The summed E-state index contributed by atoms with van der Waals surface area (Å²) in [5, 5.41) is 1.17. The van der Waals surface area contributed by atoms with Gasteiger partial charge in [0.2, 0.25) is 0 Å². The first kappa shape index (κ1) is 26.1. The van der Waals surface area contributed by atoms with E-state index in [0.29, 0.717) is 0 Å². The van der Waals surface area contributed by atoms with Crippen LogP contribution in [-0.2, 0) is 20.1 Å². The zero-order chi connectivity index (χ0) is 24.7. The molecule has 0 saturated heterocycles. The van der Waals surface area contributed by atoms with Crippen molar-refractivity contribution in [2.24, 2.45) is 0 Å². The van der Waals surface area contributed by atoms with Crippen LogP contribution in [0.15, 0.2) is 116 Å². The van der Waals surface area contributed by atoms with Gasteiger partial charge in [-0.1, -0.05) is 54.6 Å². The summed E-state index contributed by atoms with van der Waals surface area (Å²) >= 11 is 0. The Hall–Kier alpha value is -3.98. The Balaban J connectivity index is 0.000000172. The fourth-order valence-electron chi connectivity index (χ4n) is 4.14. The van der Waals surface area contributed by atoms with E-state index in [1.807, 2.05) is 84.9 Å². The van der Waals surface area contributed by atoms with E-state index in [2.05, 4.69) is 65.2 Å². The van der Waals surface area contributed by atoms with E-state index in [0.717, 1.165) is 44.9 Å². The van der Waals surface area contributed by atoms with Crippen molar-refractivity contribution in [3.8, 4) is 33.8 Å². The van der Waals surface area contributed by atoms with Crippen LogP contribution in [0.5, 0.6) is 0 Å². The molecule has 0 aliphatic rings. The second-order valence-corrected chi connectivity index (χ2v) is 8.45. The quantitative estimate of drug-likeness (QED) is 0.182. The van der Waals surface area contributed by atoms with Crippen molar-refractivity contribution in [2.45, 2.75) is 13.8 Å². The Kier molecular flexibility index (Phi) is 8.68. The fourth-order valence-corrected chi connectivity index (χ4v) is 4.14. The standard InChI is InChI=1S/C18H15N2.C15H10N.Ir/c1-13-8-6-7-11-16(13)18-14(2)17(19-12-20-18)15-9-4-3-5-10-15;1-2-6-12(7-3-1)15-11-10-13-8-4-5-9-14(13)16-15;/h3-9,11-12H,1-2H3;1-6,8-11H;/q2*-1;. The van der Waals surface area contributed by atoms with Gasteiger partial charge in [-0.3, -0.25) is 9.97 Å². The molecule has 0 aliphatic carbocycles. The third kappa shape index (κ3) is 6.06. The van der Waals surface area contributed by atoms with E-state index in [-0.39, 0.29) is 20.1 Å². The van der Waals surface area contributed by atoms with Gasteiger partial charge in [0.15, 0.2) is 0 Å². The summed E-state index contributed by atoms with van der Waals surface area (Å²) in [6.45, 7) is 4.17. The molecular formula is C33H25IrN3-2. The third-order valence-electron chi connectivity index (χ3n) is 6.03. The SMILES string of the molecule is Cc1ccccc1-c1ncnc(-c2[c-]cccc2)c1C.[Ir].[c-]1ccccc1-c1ccc2ccccc2n1. The molecule has 0 aliphatic heterocycles. The number of fused-ring (bicyclic) bond motifs is 1. The molecule has 0 spiro atoms. The minimum absolute atomic E-state index is 0. The van der Waals surface area contributed by atoms with E-state index in [9.17, 15) is 0 Å². The van der Waals surface area contributed by atoms with E-state index in [1.54, 1.807) is 6.33 Å². The minimum Gasteiger partial charge on any atom is -0.296 e. The fraction of sp³-hybridized carbons (Fsp3) is 0.0606. The van der Waals surface area contributed by atoms with Gasteiger partial charge in [0.1, 0.15) is 6.33 Å². The van der Waals surface area contributed by atoms with Crippen LogP contribution in [0.25, 0.3) is 44.7 Å². The molecular weight excluding hydrogens is 631 g/mol. The number of rotatable bonds is 3. The summed E-state index contributed by atoms with van der Waals surface area (Å²) < 4.78 is 0. The van der Waals surface area contributed by atoms with Crippen LogP contribution in [-0.4, -0.2) is 15.0 Å². The van der Waals surface area contributed by atoms with Gasteiger partial charge in [0, 0.05) is 25.7 Å². The maximum Gasteiger partial charge on any atom is 0.106 e. The Morgan fingerprint density at radius 2 is 1.24 bits per heavy atom. The van der Waals surface area contributed by atoms with Crippen molar-refractivity contribution in [1.29, 1.82) is 0 Å². The number of aromatic nitrogens is 3. The van der Waals surface area contributed by atoms with Crippen LogP contribution in [0.1, 0.15) is 11.1 Å². The van der Waals surface area contributed by atoms with Gasteiger partial charge in [0.05, 0.1) is 11.2 Å². The van der Waals surface area contributed by atoms with E-state index >= 15 is 0 Å². The van der Waals surface area contributed by atoms with Crippen LogP contribution in [0, 0.1) is 26.0 Å². The number of aryl methyl sites for hydroxylation is 1. The van der Waals surface area contributed by atoms with Crippen LogP contribution in [0.3, 0.4) is 0 Å². The molecule has 0 amide bonds. The predicted octanol–water partition coefficient (Wildman–Crippen LogP) is 7.93. The summed E-state index contributed by atoms with van der Waals surface area (Å²) in [6.07, 6.45) is 1.63. The number of nitrogens with zero attached hydrogens (tertiary/aromatic N) is 3. The molecule has 2 aromatic heterocycles. The van der Waals surface area contributed by atoms with E-state index in [4.69, 9.17) is 0 Å². The Morgan fingerprint density at radius 1 is 0.595 bits per heavy atom. The number of hydrogen-bond donors (Lipinski definition) is 0. The smallest absolute Gasteiger partial charge is 0.106 e. The van der Waals surface area contributed by atoms with Crippen molar-refractivity contribution < 1.29 is 20.1 Å². The van der Waals surface area contributed by atoms with Crippen molar-refractivity contribution in [1.82, 2.24) is 15.0 Å². The van der Waals surface area contributed by atoms with Gasteiger partial charge in [-0.2, -0.15) is 0 Å². The first-order valence-corrected chi connectivity index (χ1v) is 11.9. The van der Waals surface area contributed by atoms with Crippen LogP contribution >= 0.6 is 0 Å². The largest absolute Gasteiger partial charge is 0.296 e.